The van der Waals surface area contributed by atoms with E-state index in [0.717, 1.165) is 0 Å². The highest BCUT2D eigenvalue weighted by atomic mass is 16.4. The fourth-order valence-corrected chi connectivity index (χ4v) is 3.16. The Kier molecular flexibility index (Phi) is 11.8. The summed E-state index contributed by atoms with van der Waals surface area (Å²) in [5.74, 6) is -5.35. The first-order chi connectivity index (χ1) is 19.8. The van der Waals surface area contributed by atoms with Crippen LogP contribution in [0.3, 0.4) is 0 Å². The maximum Gasteiger partial charge on any atom is 0.326 e. The van der Waals surface area contributed by atoms with Crippen molar-refractivity contribution in [3.05, 3.63) is 52.1 Å². The monoisotopic (exact) mass is 588 g/mol. The van der Waals surface area contributed by atoms with Crippen LogP contribution in [-0.2, 0) is 25.7 Å². The molecule has 18 heteroatoms. The highest BCUT2D eigenvalue weighted by Crippen LogP contribution is 2.12. The normalized spacial score (nSPS) is 11.8. The number of nitrogens with one attached hydrogen (secondary N) is 3. The van der Waals surface area contributed by atoms with E-state index in [4.69, 9.17) is 31.9 Å². The molecule has 0 saturated carbocycles. The summed E-state index contributed by atoms with van der Waals surface area (Å²) in [7, 11) is 0. The van der Waals surface area contributed by atoms with E-state index in [2.05, 4.69) is 30.6 Å². The van der Waals surface area contributed by atoms with Gasteiger partial charge in [-0.1, -0.05) is 0 Å². The number of aromatic nitrogens is 4. The lowest BCUT2D eigenvalue weighted by molar-refractivity contribution is -0.142. The molecule has 1 aromatic carbocycles. The molecule has 2 atom stereocenters. The zero-order chi connectivity index (χ0) is 31.4. The van der Waals surface area contributed by atoms with E-state index in [1.165, 1.54) is 18.3 Å². The maximum atomic E-state index is 12.3. The largest absolute Gasteiger partial charge is 0.481 e. The molecule has 0 spiro atoms. The number of aliphatic carboxylic acids is 4. The lowest BCUT2D eigenvalue weighted by atomic mass is 10.1. The molecule has 3 aromatic rings. The van der Waals surface area contributed by atoms with Crippen LogP contribution in [0.4, 0.5) is 11.6 Å². The number of nitrogen functional groups attached to an aromatic ring is 1. The molecule has 0 aliphatic rings. The number of hydrogen-bond acceptors (Lipinski definition) is 12. The fourth-order valence-electron chi connectivity index (χ4n) is 3.16. The molecule has 0 saturated heterocycles. The number of anilines is 2. The van der Waals surface area contributed by atoms with Gasteiger partial charge in [0.1, 0.15) is 12.1 Å². The summed E-state index contributed by atoms with van der Waals surface area (Å²) >= 11 is 0. The van der Waals surface area contributed by atoms with Crippen LogP contribution in [0.25, 0.3) is 11.2 Å². The summed E-state index contributed by atoms with van der Waals surface area (Å²) in [5, 5.41) is 39.5. The van der Waals surface area contributed by atoms with Crippen molar-refractivity contribution in [2.45, 2.75) is 44.3 Å². The second kappa shape index (κ2) is 15.2. The number of nitrogens with zero attached hydrogens (tertiary/aromatic N) is 3. The van der Waals surface area contributed by atoms with Crippen LogP contribution in [0.2, 0.25) is 0 Å². The third-order valence-corrected chi connectivity index (χ3v) is 5.34. The van der Waals surface area contributed by atoms with Gasteiger partial charge in [0.2, 0.25) is 5.95 Å². The van der Waals surface area contributed by atoms with Gasteiger partial charge in [0, 0.05) is 24.1 Å². The number of hydrogen-bond donors (Lipinski definition) is 9. The minimum absolute atomic E-state index is 0.0231. The molecule has 0 radical (unpaired) electrons. The van der Waals surface area contributed by atoms with E-state index in [1.54, 1.807) is 12.1 Å². The predicted molar refractivity (Wildman–Crippen MR) is 144 cm³/mol. The van der Waals surface area contributed by atoms with Crippen molar-refractivity contribution in [2.75, 3.05) is 11.1 Å². The first kappa shape index (κ1) is 32.6. The minimum Gasteiger partial charge on any atom is -0.481 e. The zero-order valence-corrected chi connectivity index (χ0v) is 21.8. The van der Waals surface area contributed by atoms with E-state index in [9.17, 15) is 28.8 Å². The van der Waals surface area contributed by atoms with Gasteiger partial charge in [-0.05, 0) is 37.1 Å². The highest BCUT2D eigenvalue weighted by Gasteiger charge is 2.21. The minimum atomic E-state index is -1.31. The van der Waals surface area contributed by atoms with E-state index < -0.39 is 47.4 Å². The SMILES string of the molecule is N[C@@H](CCC(=O)O)C(=O)O.Nc1nc2ncc(CNc3ccc(C(=O)N[C@@H](CCC(=O)O)C(=O)O)cc3)nc2c(=O)[nH]1. The molecule has 11 N–H and O–H groups in total. The third kappa shape index (κ3) is 10.5. The lowest BCUT2D eigenvalue weighted by Gasteiger charge is -2.14. The molecule has 0 fully saturated rings. The molecule has 0 unspecified atom stereocenters. The number of amides is 1. The molecule has 0 bridgehead atoms. The number of fused-ring (bicyclic) bond motifs is 1. The summed E-state index contributed by atoms with van der Waals surface area (Å²) in [6, 6.07) is 3.80. The molecular formula is C24H28N8O10. The summed E-state index contributed by atoms with van der Waals surface area (Å²) in [6.07, 6.45) is 0.616. The molecule has 224 valence electrons. The third-order valence-electron chi connectivity index (χ3n) is 5.34. The molecule has 1 amide bonds. The van der Waals surface area contributed by atoms with Crippen molar-refractivity contribution in [1.82, 2.24) is 25.3 Å². The number of rotatable bonds is 13. The van der Waals surface area contributed by atoms with E-state index in [-0.39, 0.29) is 54.9 Å². The summed E-state index contributed by atoms with van der Waals surface area (Å²) in [6.45, 7) is 0.231. The van der Waals surface area contributed by atoms with Gasteiger partial charge < -0.3 is 42.5 Å². The number of benzene rings is 1. The maximum absolute atomic E-state index is 12.3. The quantitative estimate of drug-likeness (QED) is 0.118. The summed E-state index contributed by atoms with van der Waals surface area (Å²) in [4.78, 5) is 80.4. The average Bonchev–Trinajstić information content (AvgIpc) is 2.93. The van der Waals surface area contributed by atoms with Crippen molar-refractivity contribution in [3.63, 3.8) is 0 Å². The number of aromatic amines is 1. The number of nitrogens with two attached hydrogens (primary N) is 2. The van der Waals surface area contributed by atoms with Crippen molar-refractivity contribution in [2.24, 2.45) is 5.73 Å². The molecular weight excluding hydrogens is 560 g/mol. The van der Waals surface area contributed by atoms with Crippen LogP contribution in [0.15, 0.2) is 35.3 Å². The first-order valence-corrected chi connectivity index (χ1v) is 12.1. The van der Waals surface area contributed by atoms with Gasteiger partial charge in [-0.2, -0.15) is 4.98 Å². The van der Waals surface area contributed by atoms with Gasteiger partial charge >= 0.3 is 23.9 Å². The molecule has 42 heavy (non-hydrogen) atoms. The first-order valence-electron chi connectivity index (χ1n) is 12.1. The van der Waals surface area contributed by atoms with Gasteiger partial charge in [-0.25, -0.2) is 14.8 Å². The molecule has 3 rings (SSSR count). The van der Waals surface area contributed by atoms with Gasteiger partial charge in [-0.3, -0.25) is 29.0 Å². The highest BCUT2D eigenvalue weighted by molar-refractivity contribution is 5.97. The van der Waals surface area contributed by atoms with Crippen LogP contribution in [-0.4, -0.2) is 82.2 Å². The predicted octanol–water partition coefficient (Wildman–Crippen LogP) is -0.782. The molecule has 0 aliphatic heterocycles. The van der Waals surface area contributed by atoms with E-state index in [0.29, 0.717) is 11.4 Å². The number of carboxylic acid groups (broad SMARTS) is 4. The average molecular weight is 589 g/mol. The Hall–Kier alpha value is -5.65. The van der Waals surface area contributed by atoms with E-state index >= 15 is 0 Å². The van der Waals surface area contributed by atoms with Crippen molar-refractivity contribution >= 4 is 52.6 Å². The number of H-pyrrole nitrogens is 1. The number of carboxylic acids is 4. The molecule has 0 aliphatic carbocycles. The Bertz CT molecular complexity index is 1510. The molecule has 18 nitrogen and oxygen atoms in total. The molecule has 2 aromatic heterocycles. The Labute approximate surface area is 235 Å². The van der Waals surface area contributed by atoms with Crippen LogP contribution in [0, 0.1) is 0 Å². The Balaban J connectivity index is 0.000000528. The summed E-state index contributed by atoms with van der Waals surface area (Å²) < 4.78 is 0. The van der Waals surface area contributed by atoms with Crippen molar-refractivity contribution in [3.8, 4) is 0 Å². The van der Waals surface area contributed by atoms with Crippen molar-refractivity contribution in [1.29, 1.82) is 0 Å². The zero-order valence-electron chi connectivity index (χ0n) is 21.8. The molecule has 2 heterocycles. The smallest absolute Gasteiger partial charge is 0.326 e. The Morgan fingerprint density at radius 3 is 2.10 bits per heavy atom. The van der Waals surface area contributed by atoms with Gasteiger partial charge in [0.25, 0.3) is 11.5 Å². The van der Waals surface area contributed by atoms with Gasteiger partial charge in [0.15, 0.2) is 11.2 Å². The second-order valence-electron chi connectivity index (χ2n) is 8.59. The standard InChI is InChI=1S/C19H19N7O6.C5H9NO4/c20-19-25-15-14(17(30)26-19)23-11(8-22-15)7-21-10-3-1-9(2-4-10)16(29)24-12(18(31)32)5-6-13(27)28;6-3(5(9)10)1-2-4(7)8/h1-4,8,12,21H,5-7H2,(H,24,29)(H,27,28)(H,31,32)(H3,20,22,25,26,30);3H,1-2,6H2,(H,7,8)(H,9,10)/t12-;3-/m00/s1. The van der Waals surface area contributed by atoms with Gasteiger partial charge in [-0.15, -0.1) is 0 Å². The lowest BCUT2D eigenvalue weighted by Crippen LogP contribution is -2.41. The van der Waals surface area contributed by atoms with Crippen LogP contribution in [0.5, 0.6) is 0 Å². The van der Waals surface area contributed by atoms with Crippen LogP contribution < -0.4 is 27.7 Å². The van der Waals surface area contributed by atoms with E-state index in [1.807, 2.05) is 0 Å². The second-order valence-corrected chi connectivity index (χ2v) is 8.59. The Morgan fingerprint density at radius 2 is 1.52 bits per heavy atom. The fraction of sp³-hybridized carbons (Fsp3) is 0.292. The Morgan fingerprint density at radius 1 is 0.905 bits per heavy atom. The number of carbonyl (C=O) groups is 5. The van der Waals surface area contributed by atoms with Gasteiger partial charge in [0.05, 0.1) is 18.4 Å². The van der Waals surface area contributed by atoms with Crippen LogP contribution >= 0.6 is 0 Å². The van der Waals surface area contributed by atoms with Crippen LogP contribution in [0.1, 0.15) is 41.7 Å². The summed E-state index contributed by atoms with van der Waals surface area (Å²) in [5.41, 5.74) is 11.5. The topological polar surface area (TPSA) is 314 Å². The number of carbonyl (C=O) groups excluding carboxylic acids is 1. The van der Waals surface area contributed by atoms with Crippen molar-refractivity contribution < 1.29 is 44.4 Å².